The van der Waals surface area contributed by atoms with Crippen LogP contribution in [-0.4, -0.2) is 27.4 Å². The second-order valence-corrected chi connectivity index (χ2v) is 7.27. The topological polar surface area (TPSA) is 101 Å². The Morgan fingerprint density at radius 2 is 1.71 bits per heavy atom. The van der Waals surface area contributed by atoms with Crippen LogP contribution < -0.4 is 5.73 Å². The summed E-state index contributed by atoms with van der Waals surface area (Å²) in [5.74, 6) is 1.40. The number of nitrogens with one attached hydrogen (secondary N) is 2. The summed E-state index contributed by atoms with van der Waals surface area (Å²) in [6.07, 6.45) is 7.45. The molecule has 162 valence electrons. The summed E-state index contributed by atoms with van der Waals surface area (Å²) in [5.41, 5.74) is 6.74. The standard InChI is InChI=1S/C20H37N5O.C2H6/c1-6-9-11-15(8-3)13-25-16(12-10-7-2)24-17(19(21)22)18(25)20(23)26-14(4)5;1-2/h14-15,23H,6-13H2,1-5H3,(H3,21,22);1-2H3. The van der Waals surface area contributed by atoms with Crippen LogP contribution in [0.3, 0.4) is 0 Å². The Balaban J connectivity index is 0.00000352. The number of aromatic nitrogens is 2. The first-order chi connectivity index (χ1) is 13.3. The summed E-state index contributed by atoms with van der Waals surface area (Å²) in [7, 11) is 0. The first-order valence-electron chi connectivity index (χ1n) is 11.0. The van der Waals surface area contributed by atoms with Crippen molar-refractivity contribution in [3.63, 3.8) is 0 Å². The molecule has 1 heterocycles. The molecule has 0 aromatic carbocycles. The number of hydrogen-bond acceptors (Lipinski definition) is 4. The fourth-order valence-electron chi connectivity index (χ4n) is 3.11. The van der Waals surface area contributed by atoms with Crippen LogP contribution in [0.15, 0.2) is 0 Å². The lowest BCUT2D eigenvalue weighted by Gasteiger charge is -2.20. The molecule has 0 amide bonds. The first kappa shape index (κ1) is 26.1. The van der Waals surface area contributed by atoms with E-state index in [0.717, 1.165) is 44.5 Å². The highest BCUT2D eigenvalue weighted by atomic mass is 16.5. The number of nitrogen functional groups attached to an aromatic ring is 1. The summed E-state index contributed by atoms with van der Waals surface area (Å²) in [6, 6.07) is 0. The lowest BCUT2D eigenvalue weighted by Crippen LogP contribution is -2.24. The number of hydrogen-bond donors (Lipinski definition) is 3. The van der Waals surface area contributed by atoms with E-state index in [0.29, 0.717) is 17.3 Å². The highest BCUT2D eigenvalue weighted by molar-refractivity contribution is 6.04. The molecule has 6 nitrogen and oxygen atoms in total. The van der Waals surface area contributed by atoms with Gasteiger partial charge in [0.05, 0.1) is 6.10 Å². The Bertz CT molecular complexity index is 592. The molecule has 1 aromatic rings. The van der Waals surface area contributed by atoms with E-state index in [1.807, 2.05) is 27.7 Å². The quantitative estimate of drug-likeness (QED) is 0.323. The van der Waals surface area contributed by atoms with Crippen molar-refractivity contribution >= 4 is 11.7 Å². The molecule has 0 aliphatic carbocycles. The van der Waals surface area contributed by atoms with E-state index in [2.05, 4.69) is 30.3 Å². The average Bonchev–Trinajstić information content (AvgIpc) is 3.03. The Morgan fingerprint density at radius 1 is 1.11 bits per heavy atom. The molecule has 0 bridgehead atoms. The Hall–Kier alpha value is -1.85. The molecule has 1 rings (SSSR count). The van der Waals surface area contributed by atoms with Crippen molar-refractivity contribution in [2.24, 2.45) is 11.7 Å². The third kappa shape index (κ3) is 8.03. The summed E-state index contributed by atoms with van der Waals surface area (Å²) in [4.78, 5) is 4.64. The van der Waals surface area contributed by atoms with E-state index < -0.39 is 0 Å². The Morgan fingerprint density at radius 3 is 2.18 bits per heavy atom. The lowest BCUT2D eigenvalue weighted by molar-refractivity contribution is 0.225. The van der Waals surface area contributed by atoms with Crippen LogP contribution in [0.4, 0.5) is 0 Å². The molecule has 0 saturated carbocycles. The van der Waals surface area contributed by atoms with E-state index in [4.69, 9.17) is 21.3 Å². The molecule has 0 aliphatic heterocycles. The molecule has 28 heavy (non-hydrogen) atoms. The number of nitrogens with zero attached hydrogens (tertiary/aromatic N) is 2. The van der Waals surface area contributed by atoms with Crippen LogP contribution in [0.25, 0.3) is 0 Å². The molecular weight excluding hydrogens is 350 g/mol. The van der Waals surface area contributed by atoms with Gasteiger partial charge in [0.25, 0.3) is 0 Å². The van der Waals surface area contributed by atoms with Gasteiger partial charge in [0.2, 0.25) is 5.90 Å². The van der Waals surface area contributed by atoms with Gasteiger partial charge in [-0.2, -0.15) is 0 Å². The molecule has 0 fully saturated rings. The fourth-order valence-corrected chi connectivity index (χ4v) is 3.11. The minimum absolute atomic E-state index is 0.0609. The van der Waals surface area contributed by atoms with Gasteiger partial charge in [0.1, 0.15) is 23.0 Å². The zero-order chi connectivity index (χ0) is 21.7. The third-order valence-electron chi connectivity index (χ3n) is 4.61. The predicted molar refractivity (Wildman–Crippen MR) is 120 cm³/mol. The highest BCUT2D eigenvalue weighted by Crippen LogP contribution is 2.22. The highest BCUT2D eigenvalue weighted by Gasteiger charge is 2.25. The van der Waals surface area contributed by atoms with Gasteiger partial charge >= 0.3 is 0 Å². The van der Waals surface area contributed by atoms with Crippen molar-refractivity contribution in [1.29, 1.82) is 10.8 Å². The smallest absolute Gasteiger partial charge is 0.233 e. The maximum absolute atomic E-state index is 8.43. The molecule has 6 heteroatoms. The lowest BCUT2D eigenvalue weighted by atomic mass is 9.99. The number of imidazole rings is 1. The Kier molecular flexibility index (Phi) is 13.3. The third-order valence-corrected chi connectivity index (χ3v) is 4.61. The summed E-state index contributed by atoms with van der Waals surface area (Å²) in [5, 5.41) is 16.4. The molecule has 0 saturated heterocycles. The maximum Gasteiger partial charge on any atom is 0.233 e. The van der Waals surface area contributed by atoms with Crippen molar-refractivity contribution in [1.82, 2.24) is 9.55 Å². The van der Waals surface area contributed by atoms with Crippen LogP contribution in [0.1, 0.15) is 104 Å². The number of ether oxygens (including phenoxy) is 1. The second-order valence-electron chi connectivity index (χ2n) is 7.27. The zero-order valence-corrected chi connectivity index (χ0v) is 19.2. The van der Waals surface area contributed by atoms with E-state index in [9.17, 15) is 0 Å². The van der Waals surface area contributed by atoms with E-state index in [-0.39, 0.29) is 17.8 Å². The number of rotatable bonds is 12. The normalized spacial score (nSPS) is 11.7. The molecular formula is C22H43N5O. The van der Waals surface area contributed by atoms with Crippen LogP contribution in [0.2, 0.25) is 0 Å². The first-order valence-corrected chi connectivity index (χ1v) is 11.0. The fraction of sp³-hybridized carbons (Fsp3) is 0.773. The summed E-state index contributed by atoms with van der Waals surface area (Å²) in [6.45, 7) is 15.2. The molecule has 0 aliphatic rings. The van der Waals surface area contributed by atoms with Crippen molar-refractivity contribution in [2.75, 3.05) is 0 Å². The second kappa shape index (κ2) is 14.2. The van der Waals surface area contributed by atoms with Gasteiger partial charge in [-0.1, -0.05) is 60.3 Å². The Labute approximate surface area is 172 Å². The van der Waals surface area contributed by atoms with Gasteiger partial charge in [-0.05, 0) is 32.6 Å². The van der Waals surface area contributed by atoms with Crippen LogP contribution in [-0.2, 0) is 17.7 Å². The minimum Gasteiger partial charge on any atom is -0.474 e. The number of amidine groups is 1. The van der Waals surface area contributed by atoms with Gasteiger partial charge in [-0.25, -0.2) is 4.98 Å². The van der Waals surface area contributed by atoms with E-state index >= 15 is 0 Å². The molecule has 0 spiro atoms. The van der Waals surface area contributed by atoms with Crippen molar-refractivity contribution < 1.29 is 4.74 Å². The molecule has 0 radical (unpaired) electrons. The van der Waals surface area contributed by atoms with Gasteiger partial charge in [-0.3, -0.25) is 10.8 Å². The summed E-state index contributed by atoms with van der Waals surface area (Å²) >= 11 is 0. The van der Waals surface area contributed by atoms with Crippen LogP contribution >= 0.6 is 0 Å². The van der Waals surface area contributed by atoms with Crippen molar-refractivity contribution in [2.45, 2.75) is 106 Å². The van der Waals surface area contributed by atoms with Gasteiger partial charge in [0.15, 0.2) is 0 Å². The molecule has 1 atom stereocenters. The zero-order valence-electron chi connectivity index (χ0n) is 19.2. The van der Waals surface area contributed by atoms with Gasteiger partial charge < -0.3 is 15.0 Å². The average molecular weight is 394 g/mol. The monoisotopic (exact) mass is 393 g/mol. The van der Waals surface area contributed by atoms with Gasteiger partial charge in [-0.15, -0.1) is 0 Å². The van der Waals surface area contributed by atoms with Gasteiger partial charge in [0, 0.05) is 13.0 Å². The van der Waals surface area contributed by atoms with E-state index in [1.165, 1.54) is 12.8 Å². The SMILES string of the molecule is CC.CCCCc1nc(C(=N)N)c(C(=N)OC(C)C)n1CC(CC)CCCC. The van der Waals surface area contributed by atoms with Crippen molar-refractivity contribution in [3.8, 4) is 0 Å². The van der Waals surface area contributed by atoms with E-state index in [1.54, 1.807) is 0 Å². The number of aryl methyl sites for hydroxylation is 1. The maximum atomic E-state index is 8.43. The minimum atomic E-state index is -0.105. The number of unbranched alkanes of at least 4 members (excludes halogenated alkanes) is 2. The van der Waals surface area contributed by atoms with Crippen molar-refractivity contribution in [3.05, 3.63) is 17.2 Å². The molecule has 1 unspecified atom stereocenters. The largest absolute Gasteiger partial charge is 0.474 e. The predicted octanol–water partition coefficient (Wildman–Crippen LogP) is 5.50. The number of nitrogens with two attached hydrogens (primary N) is 1. The summed E-state index contributed by atoms with van der Waals surface area (Å²) < 4.78 is 7.75. The van der Waals surface area contributed by atoms with Crippen LogP contribution in [0.5, 0.6) is 0 Å². The van der Waals surface area contributed by atoms with Crippen LogP contribution in [0, 0.1) is 16.7 Å². The molecule has 4 N–H and O–H groups in total. The molecule has 1 aromatic heterocycles.